The van der Waals surface area contributed by atoms with Crippen LogP contribution in [0, 0.1) is 26.0 Å². The molecule has 20 rings (SSSR count). The molecule has 0 aliphatic carbocycles. The van der Waals surface area contributed by atoms with Crippen LogP contribution in [0.3, 0.4) is 0 Å². The maximum absolute atomic E-state index is 13.0. The first kappa shape index (κ1) is 91.9. The van der Waals surface area contributed by atoms with Crippen LogP contribution in [0.15, 0.2) is 335 Å². The first-order valence-electron chi connectivity index (χ1n) is 41.6. The summed E-state index contributed by atoms with van der Waals surface area (Å²) in [5.74, 6) is 7.83. The average Bonchev–Trinajstić information content (AvgIpc) is 1.70. The number of phenolic OH excluding ortho intramolecular Hbond substituents is 1. The zero-order valence-electron chi connectivity index (χ0n) is 73.1. The Morgan fingerprint density at radius 1 is 0.293 bits per heavy atom. The highest BCUT2D eigenvalue weighted by molar-refractivity contribution is 5.69. The third-order valence-corrected chi connectivity index (χ3v) is 19.0. The monoisotopic (exact) mass is 1870 g/mol. The minimum atomic E-state index is -0.491. The van der Waals surface area contributed by atoms with E-state index in [9.17, 15) is 29.7 Å². The van der Waals surface area contributed by atoms with Gasteiger partial charge in [-0.25, -0.2) is 54.2 Å². The first-order valence-corrected chi connectivity index (χ1v) is 41.6. The summed E-state index contributed by atoms with van der Waals surface area (Å²) in [5.41, 5.74) is 37.3. The lowest BCUT2D eigenvalue weighted by Crippen LogP contribution is -2.06. The standard InChI is InChI=1S/C19H18N8O.C18H15FN8.2C18H15N9O2.C18H16N8O/c1-28-15-9-7-14(8-10-15)24-19-25-18(20)27(26-19)17-11-16(21-12-22-17)23-13-5-3-2-4-6-13;19-12-6-8-14(9-7-12)24-18-25-17(20)27(26-18)16-10-15(21-11-22-16)23-13-4-2-1-3-5-13;19-17-24-18(23-13-8-4-5-9-14(13)27(28)29)25-26(17)16-10-15(20-11-21-16)22-12-6-2-1-3-7-12;19-17-24-18(23-13-6-8-14(9-7-13)27(28)29)25-26(17)16-10-15(20-11-21-16)22-12-4-2-1-3-5-12;19-17-24-18(23-13-6-8-14(27)9-7-13)25-26(17)16-10-15(20-11-21-16)22-12-4-2-1-3-5-12/h2-12H,1H3,(H,21,22,23)(H3,20,24,25,26);1-11H,(H,21,22,23)(H3,20,24,25,26);2*1-11H,(H,20,21,22)(H3,19,23,24,25);1-11,27H,(H,20,21,22)(H3,19,23,24,25). The van der Waals surface area contributed by atoms with Gasteiger partial charge < -0.3 is 91.7 Å². The number of benzene rings is 10. The number of hydrogen-bond donors (Lipinski definition) is 16. The Morgan fingerprint density at radius 2 is 0.536 bits per heavy atom. The Morgan fingerprint density at radius 3 is 0.807 bits per heavy atom. The molecule has 49 heteroatoms. The van der Waals surface area contributed by atoms with Crippen LogP contribution in [0.1, 0.15) is 0 Å². The van der Waals surface area contributed by atoms with Crippen molar-refractivity contribution in [1.82, 2.24) is 124 Å². The minimum absolute atomic E-state index is 0.00650. The number of methoxy groups -OCH3 is 1. The number of non-ortho nitro benzene ring substituents is 1. The van der Waals surface area contributed by atoms with Crippen molar-refractivity contribution >= 4 is 157 Å². The van der Waals surface area contributed by atoms with Crippen molar-refractivity contribution in [3.63, 3.8) is 0 Å². The molecule has 0 saturated heterocycles. The molecule has 0 aliphatic heterocycles. The smallest absolute Gasteiger partial charge is 0.292 e. The number of ether oxygens (including phenoxy) is 1. The van der Waals surface area contributed by atoms with E-state index in [1.54, 1.807) is 104 Å². The van der Waals surface area contributed by atoms with Gasteiger partial charge in [0.15, 0.2) is 29.1 Å². The second-order valence-electron chi connectivity index (χ2n) is 28.8. The van der Waals surface area contributed by atoms with E-state index < -0.39 is 9.85 Å². The number of aromatic nitrogens is 25. The van der Waals surface area contributed by atoms with Crippen LogP contribution in [0.25, 0.3) is 29.1 Å². The van der Waals surface area contributed by atoms with Crippen molar-refractivity contribution in [3.8, 4) is 40.6 Å². The number of nitrogens with zero attached hydrogens (tertiary/aromatic N) is 27. The van der Waals surface area contributed by atoms with Crippen LogP contribution in [0.5, 0.6) is 11.5 Å². The average molecular weight is 1880 g/mol. The Balaban J connectivity index is 0.000000126. The number of phenols is 1. The second kappa shape index (κ2) is 44.0. The van der Waals surface area contributed by atoms with Gasteiger partial charge in [0.1, 0.15) is 83.7 Å². The number of nitro benzene ring substituents is 2. The van der Waals surface area contributed by atoms with Gasteiger partial charge in [-0.2, -0.15) is 48.3 Å². The Hall–Kier alpha value is -21.4. The van der Waals surface area contributed by atoms with E-state index in [-0.39, 0.29) is 76.2 Å². The van der Waals surface area contributed by atoms with Crippen LogP contribution in [-0.2, 0) is 0 Å². The molecule has 140 heavy (non-hydrogen) atoms. The summed E-state index contributed by atoms with van der Waals surface area (Å²) in [7, 11) is 1.62. The van der Waals surface area contributed by atoms with E-state index in [0.29, 0.717) is 81.5 Å². The van der Waals surface area contributed by atoms with Crippen molar-refractivity contribution < 1.29 is 24.1 Å². The lowest BCUT2D eigenvalue weighted by Gasteiger charge is -2.07. The molecule has 48 nitrogen and oxygen atoms in total. The van der Waals surface area contributed by atoms with E-state index in [1.165, 1.54) is 85.4 Å². The third kappa shape index (κ3) is 25.0. The van der Waals surface area contributed by atoms with E-state index in [1.807, 2.05) is 176 Å². The van der Waals surface area contributed by atoms with Crippen LogP contribution < -0.4 is 86.6 Å². The van der Waals surface area contributed by atoms with Gasteiger partial charge in [-0.15, -0.1) is 25.5 Å². The van der Waals surface area contributed by atoms with Crippen LogP contribution in [0.2, 0.25) is 0 Å². The van der Waals surface area contributed by atoms with Crippen molar-refractivity contribution in [2.24, 2.45) is 0 Å². The Kier molecular flexibility index (Phi) is 28.9. The van der Waals surface area contributed by atoms with Gasteiger partial charge in [0, 0.05) is 99.7 Å². The molecular formula is C91H79FN42O6. The Labute approximate surface area is 791 Å². The largest absolute Gasteiger partial charge is 0.508 e. The molecule has 10 heterocycles. The number of nitrogens with two attached hydrogens (primary N) is 5. The maximum Gasteiger partial charge on any atom is 0.292 e. The highest BCUT2D eigenvalue weighted by Crippen LogP contribution is 2.31. The summed E-state index contributed by atoms with van der Waals surface area (Å²) in [6.07, 6.45) is 7.05. The molecule has 0 unspecified atom stereocenters. The fraction of sp³-hybridized carbons (Fsp3) is 0.0110. The first-order chi connectivity index (χ1) is 68.2. The maximum atomic E-state index is 13.0. The zero-order valence-corrected chi connectivity index (χ0v) is 73.1. The van der Waals surface area contributed by atoms with E-state index in [4.69, 9.17) is 33.4 Å². The number of nitrogens with one attached hydrogen (secondary N) is 10. The minimum Gasteiger partial charge on any atom is -0.508 e. The van der Waals surface area contributed by atoms with Crippen molar-refractivity contribution in [2.45, 2.75) is 0 Å². The summed E-state index contributed by atoms with van der Waals surface area (Å²) < 4.78 is 25.1. The van der Waals surface area contributed by atoms with Crippen molar-refractivity contribution in [2.75, 3.05) is 88.9 Å². The summed E-state index contributed by atoms with van der Waals surface area (Å²) in [4.78, 5) is 83.8. The summed E-state index contributed by atoms with van der Waals surface area (Å²) in [6.45, 7) is 0. The van der Waals surface area contributed by atoms with Crippen LogP contribution in [0.4, 0.5) is 161 Å². The fourth-order valence-corrected chi connectivity index (χ4v) is 12.5. The quantitative estimate of drug-likeness (QED) is 0.0123. The molecule has 0 radical (unpaired) electrons. The number of anilines is 25. The normalized spacial score (nSPS) is 10.5. The summed E-state index contributed by atoms with van der Waals surface area (Å²) in [6, 6.07) is 88.5. The number of hydrogen-bond acceptors (Lipinski definition) is 41. The van der Waals surface area contributed by atoms with E-state index in [2.05, 4.69) is 153 Å². The van der Waals surface area contributed by atoms with Crippen LogP contribution >= 0.6 is 0 Å². The van der Waals surface area contributed by atoms with Crippen molar-refractivity contribution in [1.29, 1.82) is 0 Å². The van der Waals surface area contributed by atoms with Gasteiger partial charge in [0.25, 0.3) is 11.4 Å². The SMILES string of the molecule is COc1ccc(Nc2nc(N)n(-c3cc(Nc4ccccc4)ncn3)n2)cc1.Nc1nc(Nc2ccc(F)cc2)nn1-c1cc(Nc2ccccc2)ncn1.Nc1nc(Nc2ccc(O)cc2)nn1-c1cc(Nc2ccccc2)ncn1.Nc1nc(Nc2ccc([N+](=O)[O-])cc2)nn1-c1cc(Nc2ccccc2)ncn1.Nc1nc(Nc2ccccc2[N+](=O)[O-])nn1-c1cc(Nc2ccccc2)ncn1. The molecule has 696 valence electrons. The number of halogens is 1. The van der Waals surface area contributed by atoms with Gasteiger partial charge in [-0.1, -0.05) is 103 Å². The van der Waals surface area contributed by atoms with Gasteiger partial charge in [0.2, 0.25) is 59.5 Å². The zero-order chi connectivity index (χ0) is 97.1. The molecule has 0 saturated carbocycles. The van der Waals surface area contributed by atoms with Crippen LogP contribution in [-0.4, -0.2) is 146 Å². The van der Waals surface area contributed by atoms with E-state index in [0.717, 1.165) is 45.6 Å². The number of nitrogen functional groups attached to an aromatic ring is 5. The highest BCUT2D eigenvalue weighted by atomic mass is 19.1. The number of para-hydroxylation sites is 7. The number of nitro groups is 2. The predicted octanol–water partition coefficient (Wildman–Crippen LogP) is 15.3. The van der Waals surface area contributed by atoms with Gasteiger partial charge in [0.05, 0.1) is 17.0 Å². The molecular weight excluding hydrogens is 1800 g/mol. The summed E-state index contributed by atoms with van der Waals surface area (Å²) >= 11 is 0. The topological polar surface area (TPSA) is 649 Å². The van der Waals surface area contributed by atoms with Crippen molar-refractivity contribution in [3.05, 3.63) is 361 Å². The molecule has 20 aromatic rings. The second-order valence-corrected chi connectivity index (χ2v) is 28.8. The van der Waals surface area contributed by atoms with E-state index >= 15 is 0 Å². The third-order valence-electron chi connectivity index (χ3n) is 19.0. The van der Waals surface area contributed by atoms with Gasteiger partial charge in [-0.05, 0) is 152 Å². The molecule has 10 aromatic heterocycles. The molecule has 0 spiro atoms. The lowest BCUT2D eigenvalue weighted by molar-refractivity contribution is -0.384. The lowest BCUT2D eigenvalue weighted by atomic mass is 10.3. The molecule has 0 bridgehead atoms. The van der Waals surface area contributed by atoms with Gasteiger partial charge in [-0.3, -0.25) is 20.2 Å². The Bertz CT molecular complexity index is 7360. The number of rotatable bonds is 28. The number of aromatic hydroxyl groups is 1. The molecule has 21 N–H and O–H groups in total. The predicted molar refractivity (Wildman–Crippen MR) is 526 cm³/mol. The summed E-state index contributed by atoms with van der Waals surface area (Å²) in [5, 5.41) is 83.6. The fourth-order valence-electron chi connectivity index (χ4n) is 12.5. The molecule has 0 amide bonds. The van der Waals surface area contributed by atoms with Gasteiger partial charge >= 0.3 is 0 Å². The molecule has 10 aromatic carbocycles. The molecule has 0 atom stereocenters. The molecule has 0 fully saturated rings. The molecule has 0 aliphatic rings. The highest BCUT2D eigenvalue weighted by Gasteiger charge is 2.21.